The van der Waals surface area contributed by atoms with E-state index >= 15 is 0 Å². The van der Waals surface area contributed by atoms with Crippen LogP contribution in [0.1, 0.15) is 5.69 Å². The van der Waals surface area contributed by atoms with Crippen LogP contribution < -0.4 is 11.3 Å². The van der Waals surface area contributed by atoms with Crippen molar-refractivity contribution < 1.29 is 9.18 Å². The average Bonchev–Trinajstić information content (AvgIpc) is 2.33. The van der Waals surface area contributed by atoms with Crippen LogP contribution in [0.3, 0.4) is 0 Å². The van der Waals surface area contributed by atoms with Crippen LogP contribution in [0.15, 0.2) is 35.1 Å². The molecule has 2 rings (SSSR count). The highest BCUT2D eigenvalue weighted by atomic mass is 19.1. The normalized spacial score (nSPS) is 10.4. The lowest BCUT2D eigenvalue weighted by atomic mass is 10.2. The van der Waals surface area contributed by atoms with Crippen molar-refractivity contribution in [1.82, 2.24) is 9.55 Å². The summed E-state index contributed by atoms with van der Waals surface area (Å²) in [5.41, 5.74) is 5.81. The number of carbonyl (C=O) groups excluding carboxylic acids is 1. The summed E-state index contributed by atoms with van der Waals surface area (Å²) in [6, 6.07) is 6.83. The first-order valence-electron chi connectivity index (χ1n) is 5.60. The summed E-state index contributed by atoms with van der Waals surface area (Å²) in [5, 5.41) is 0. The van der Waals surface area contributed by atoms with Crippen LogP contribution in [-0.2, 0) is 11.3 Å². The Morgan fingerprint density at radius 2 is 2.00 bits per heavy atom. The predicted molar refractivity (Wildman–Crippen MR) is 67.8 cm³/mol. The lowest BCUT2D eigenvalue weighted by Gasteiger charge is -2.11. The van der Waals surface area contributed by atoms with Crippen molar-refractivity contribution in [3.63, 3.8) is 0 Å². The van der Waals surface area contributed by atoms with Gasteiger partial charge in [-0.05, 0) is 31.2 Å². The highest BCUT2D eigenvalue weighted by Gasteiger charge is 2.11. The molecule has 0 fully saturated rings. The maximum atomic E-state index is 12.9. The second-order valence-corrected chi connectivity index (χ2v) is 4.12. The number of nitrogens with two attached hydrogens (primary N) is 1. The minimum absolute atomic E-state index is 0.265. The van der Waals surface area contributed by atoms with Crippen molar-refractivity contribution in [1.29, 1.82) is 0 Å². The van der Waals surface area contributed by atoms with Crippen molar-refractivity contribution in [3.05, 3.63) is 52.2 Å². The smallest absolute Gasteiger partial charge is 0.254 e. The summed E-state index contributed by atoms with van der Waals surface area (Å²) in [6.45, 7) is 1.40. The topological polar surface area (TPSA) is 78.0 Å². The molecule has 98 valence electrons. The van der Waals surface area contributed by atoms with E-state index < -0.39 is 5.91 Å². The van der Waals surface area contributed by atoms with E-state index in [-0.39, 0.29) is 17.9 Å². The maximum absolute atomic E-state index is 12.9. The lowest BCUT2D eigenvalue weighted by molar-refractivity contribution is -0.118. The van der Waals surface area contributed by atoms with Gasteiger partial charge >= 0.3 is 0 Å². The van der Waals surface area contributed by atoms with Gasteiger partial charge in [-0.15, -0.1) is 0 Å². The third-order valence-electron chi connectivity index (χ3n) is 2.55. The van der Waals surface area contributed by atoms with Crippen LogP contribution in [-0.4, -0.2) is 15.5 Å². The highest BCUT2D eigenvalue weighted by molar-refractivity contribution is 5.74. The van der Waals surface area contributed by atoms with Gasteiger partial charge in [0, 0.05) is 17.3 Å². The molecular formula is C13H12FN3O2. The Balaban J connectivity index is 2.63. The Hall–Kier alpha value is -2.50. The molecule has 2 aromatic rings. The lowest BCUT2D eigenvalue weighted by Crippen LogP contribution is -2.29. The van der Waals surface area contributed by atoms with Crippen LogP contribution in [0.4, 0.5) is 4.39 Å². The van der Waals surface area contributed by atoms with Crippen LogP contribution in [0.5, 0.6) is 0 Å². The minimum atomic E-state index is -0.642. The zero-order valence-electron chi connectivity index (χ0n) is 10.3. The quantitative estimate of drug-likeness (QED) is 0.889. The van der Waals surface area contributed by atoms with E-state index in [1.165, 1.54) is 34.9 Å². The third kappa shape index (κ3) is 2.85. The van der Waals surface area contributed by atoms with Gasteiger partial charge in [-0.2, -0.15) is 0 Å². The molecule has 0 bridgehead atoms. The van der Waals surface area contributed by atoms with Crippen molar-refractivity contribution >= 4 is 5.91 Å². The van der Waals surface area contributed by atoms with Crippen molar-refractivity contribution in [2.75, 3.05) is 0 Å². The molecule has 0 aliphatic carbocycles. The van der Waals surface area contributed by atoms with E-state index in [1.54, 1.807) is 6.92 Å². The number of amides is 1. The summed E-state index contributed by atoms with van der Waals surface area (Å²) >= 11 is 0. The molecule has 1 amide bonds. The molecule has 6 heteroatoms. The van der Waals surface area contributed by atoms with Gasteiger partial charge < -0.3 is 5.73 Å². The van der Waals surface area contributed by atoms with Crippen molar-refractivity contribution in [3.8, 4) is 11.4 Å². The van der Waals surface area contributed by atoms with Gasteiger partial charge in [0.15, 0.2) is 0 Å². The first kappa shape index (κ1) is 12.9. The Labute approximate surface area is 108 Å². The Morgan fingerprint density at radius 3 is 2.58 bits per heavy atom. The second-order valence-electron chi connectivity index (χ2n) is 4.12. The molecule has 5 nitrogen and oxygen atoms in total. The second kappa shape index (κ2) is 5.01. The Morgan fingerprint density at radius 1 is 1.37 bits per heavy atom. The zero-order valence-corrected chi connectivity index (χ0v) is 10.3. The van der Waals surface area contributed by atoms with Crippen molar-refractivity contribution in [2.45, 2.75) is 13.5 Å². The number of nitrogens with zero attached hydrogens (tertiary/aromatic N) is 2. The van der Waals surface area contributed by atoms with Gasteiger partial charge in [0.2, 0.25) is 5.91 Å². The molecule has 2 N–H and O–H groups in total. The summed E-state index contributed by atoms with van der Waals surface area (Å²) < 4.78 is 14.1. The number of rotatable bonds is 3. The van der Waals surface area contributed by atoms with E-state index in [9.17, 15) is 14.0 Å². The van der Waals surface area contributed by atoms with Gasteiger partial charge in [-0.1, -0.05) is 0 Å². The van der Waals surface area contributed by atoms with E-state index in [4.69, 9.17) is 5.73 Å². The van der Waals surface area contributed by atoms with E-state index in [0.717, 1.165) is 0 Å². The molecule has 0 aliphatic rings. The predicted octanol–water partition coefficient (Wildman–Crippen LogP) is 0.843. The van der Waals surface area contributed by atoms with Gasteiger partial charge in [0.25, 0.3) is 5.56 Å². The number of hydrogen-bond acceptors (Lipinski definition) is 3. The van der Waals surface area contributed by atoms with Gasteiger partial charge in [0.1, 0.15) is 18.2 Å². The number of primary amides is 1. The number of carbonyl (C=O) groups is 1. The van der Waals surface area contributed by atoms with E-state index in [2.05, 4.69) is 4.98 Å². The molecule has 0 aliphatic heterocycles. The van der Waals surface area contributed by atoms with Crippen LogP contribution in [0, 0.1) is 12.7 Å². The molecule has 0 saturated heterocycles. The molecule has 1 heterocycles. The van der Waals surface area contributed by atoms with Gasteiger partial charge in [-0.25, -0.2) is 9.37 Å². The minimum Gasteiger partial charge on any atom is -0.368 e. The van der Waals surface area contributed by atoms with Crippen LogP contribution in [0.2, 0.25) is 0 Å². The fourth-order valence-corrected chi connectivity index (χ4v) is 1.75. The van der Waals surface area contributed by atoms with E-state index in [1.807, 2.05) is 0 Å². The maximum Gasteiger partial charge on any atom is 0.254 e. The summed E-state index contributed by atoms with van der Waals surface area (Å²) in [5.74, 6) is -0.736. The number of benzene rings is 1. The fourth-order valence-electron chi connectivity index (χ4n) is 1.75. The molecule has 1 aromatic heterocycles. The summed E-state index contributed by atoms with van der Waals surface area (Å²) in [4.78, 5) is 27.1. The summed E-state index contributed by atoms with van der Waals surface area (Å²) in [7, 11) is 0. The molecule has 1 aromatic carbocycles. The van der Waals surface area contributed by atoms with Gasteiger partial charge in [-0.3, -0.25) is 14.2 Å². The largest absolute Gasteiger partial charge is 0.368 e. The molecular weight excluding hydrogens is 249 g/mol. The number of halogens is 1. The average molecular weight is 261 g/mol. The molecule has 0 unspecified atom stereocenters. The first-order valence-corrected chi connectivity index (χ1v) is 5.60. The third-order valence-corrected chi connectivity index (χ3v) is 2.55. The fraction of sp³-hybridized carbons (Fsp3) is 0.154. The van der Waals surface area contributed by atoms with Crippen LogP contribution in [0.25, 0.3) is 11.4 Å². The Kier molecular flexibility index (Phi) is 3.41. The first-order chi connectivity index (χ1) is 8.97. The van der Waals surface area contributed by atoms with E-state index in [0.29, 0.717) is 17.1 Å². The Bertz CT molecular complexity index is 677. The molecule has 0 spiro atoms. The SMILES string of the molecule is Cc1cc(=O)n(CC(N)=O)c(-c2ccc(F)cc2)n1. The summed E-state index contributed by atoms with van der Waals surface area (Å²) in [6.07, 6.45) is 0. The van der Waals surface area contributed by atoms with Gasteiger partial charge in [0.05, 0.1) is 0 Å². The van der Waals surface area contributed by atoms with Crippen LogP contribution >= 0.6 is 0 Å². The monoisotopic (exact) mass is 261 g/mol. The molecule has 0 saturated carbocycles. The molecule has 0 radical (unpaired) electrons. The number of aromatic nitrogens is 2. The highest BCUT2D eigenvalue weighted by Crippen LogP contribution is 2.16. The molecule has 0 atom stereocenters. The molecule has 19 heavy (non-hydrogen) atoms. The number of hydrogen-bond donors (Lipinski definition) is 1. The zero-order chi connectivity index (χ0) is 14.0. The standard InChI is InChI=1S/C13H12FN3O2/c1-8-6-12(19)17(7-11(15)18)13(16-8)9-2-4-10(14)5-3-9/h2-6H,7H2,1H3,(H2,15,18). The van der Waals surface area contributed by atoms with Crippen molar-refractivity contribution in [2.24, 2.45) is 5.73 Å². The number of aryl methyl sites for hydroxylation is 1.